The molecule has 3 rings (SSSR count). The van der Waals surface area contributed by atoms with E-state index < -0.39 is 0 Å². The predicted molar refractivity (Wildman–Crippen MR) is 68.6 cm³/mol. The summed E-state index contributed by atoms with van der Waals surface area (Å²) in [6.07, 6.45) is 3.08. The number of carbonyl (C=O) groups excluding carboxylic acids is 1. The lowest BCUT2D eigenvalue weighted by atomic mass is 10.1. The number of rotatable bonds is 2. The van der Waals surface area contributed by atoms with Gasteiger partial charge in [0.05, 0.1) is 11.1 Å². The Morgan fingerprint density at radius 2 is 2.00 bits per heavy atom. The number of aryl methyl sites for hydroxylation is 1. The van der Waals surface area contributed by atoms with Crippen LogP contribution in [0.25, 0.3) is 10.9 Å². The highest BCUT2D eigenvalue weighted by molar-refractivity contribution is 6.10. The Labute approximate surface area is 104 Å². The second-order valence-electron chi connectivity index (χ2n) is 4.19. The molecule has 0 N–H and O–H groups in total. The smallest absolute Gasteiger partial charge is 0.197 e. The van der Waals surface area contributed by atoms with Crippen LogP contribution in [0.1, 0.15) is 21.7 Å². The zero-order valence-corrected chi connectivity index (χ0v) is 9.88. The van der Waals surface area contributed by atoms with E-state index in [1.807, 2.05) is 37.3 Å². The van der Waals surface area contributed by atoms with Crippen LogP contribution >= 0.6 is 0 Å². The van der Waals surface area contributed by atoms with E-state index >= 15 is 0 Å². The lowest BCUT2D eigenvalue weighted by molar-refractivity contribution is 0.103. The minimum absolute atomic E-state index is 0.0647. The summed E-state index contributed by atoms with van der Waals surface area (Å²) in [5, 5.41) is 0.962. The molecule has 2 heterocycles. The molecule has 0 spiro atoms. The molecule has 0 amide bonds. The van der Waals surface area contributed by atoms with Gasteiger partial charge in [-0.2, -0.15) is 0 Å². The maximum absolute atomic E-state index is 12.2. The Morgan fingerprint density at radius 1 is 1.17 bits per heavy atom. The molecule has 18 heavy (non-hydrogen) atoms. The molecule has 0 radical (unpaired) electrons. The van der Waals surface area contributed by atoms with Gasteiger partial charge in [0.25, 0.3) is 0 Å². The van der Waals surface area contributed by atoms with E-state index in [2.05, 4.69) is 4.98 Å². The van der Waals surface area contributed by atoms with E-state index in [1.54, 1.807) is 12.3 Å². The molecule has 0 aliphatic rings. The normalized spacial score (nSPS) is 10.7. The van der Waals surface area contributed by atoms with Crippen molar-refractivity contribution in [1.29, 1.82) is 0 Å². The molecule has 3 nitrogen and oxygen atoms in total. The van der Waals surface area contributed by atoms with Gasteiger partial charge >= 0.3 is 0 Å². The van der Waals surface area contributed by atoms with Crippen LogP contribution in [0.15, 0.2) is 53.3 Å². The van der Waals surface area contributed by atoms with Crippen LogP contribution in [0.2, 0.25) is 0 Å². The highest BCUT2D eigenvalue weighted by Gasteiger charge is 2.12. The van der Waals surface area contributed by atoms with Gasteiger partial charge in [-0.1, -0.05) is 18.2 Å². The predicted octanol–water partition coefficient (Wildman–Crippen LogP) is 3.37. The van der Waals surface area contributed by atoms with Crippen molar-refractivity contribution in [2.45, 2.75) is 6.92 Å². The molecule has 2 aromatic heterocycles. The van der Waals surface area contributed by atoms with Crippen LogP contribution in [-0.2, 0) is 0 Å². The van der Waals surface area contributed by atoms with Gasteiger partial charge in [-0.05, 0) is 25.1 Å². The zero-order chi connectivity index (χ0) is 12.5. The molecule has 3 aromatic rings. The van der Waals surface area contributed by atoms with Crippen molar-refractivity contribution in [3.63, 3.8) is 0 Å². The summed E-state index contributed by atoms with van der Waals surface area (Å²) in [6.45, 7) is 1.81. The molecule has 0 saturated carbocycles. The standard InChI is InChI=1S/C15H11NO2/c1-10-6-13(9-18-10)15(17)12-7-11-4-2-3-5-14(11)16-8-12/h2-9H,1H3. The number of hydrogen-bond acceptors (Lipinski definition) is 3. The molecule has 0 aliphatic heterocycles. The Kier molecular flexibility index (Phi) is 2.45. The van der Waals surface area contributed by atoms with Crippen molar-refractivity contribution in [1.82, 2.24) is 4.98 Å². The summed E-state index contributed by atoms with van der Waals surface area (Å²) in [5.74, 6) is 0.664. The van der Waals surface area contributed by atoms with Crippen LogP contribution in [0.4, 0.5) is 0 Å². The van der Waals surface area contributed by atoms with Gasteiger partial charge in [-0.3, -0.25) is 9.78 Å². The monoisotopic (exact) mass is 237 g/mol. The second kappa shape index (κ2) is 4.11. The number of benzene rings is 1. The van der Waals surface area contributed by atoms with Crippen molar-refractivity contribution >= 4 is 16.7 Å². The number of hydrogen-bond donors (Lipinski definition) is 0. The molecule has 0 unspecified atom stereocenters. The first-order valence-corrected chi connectivity index (χ1v) is 5.69. The molecule has 0 atom stereocenters. The van der Waals surface area contributed by atoms with E-state index in [0.717, 1.165) is 16.7 Å². The summed E-state index contributed by atoms with van der Waals surface area (Å²) >= 11 is 0. The summed E-state index contributed by atoms with van der Waals surface area (Å²) < 4.78 is 5.15. The van der Waals surface area contributed by atoms with E-state index in [4.69, 9.17) is 4.42 Å². The quantitative estimate of drug-likeness (QED) is 0.642. The number of ketones is 1. The third-order valence-electron chi connectivity index (χ3n) is 2.85. The molecule has 1 aromatic carbocycles. The number of furan rings is 1. The Morgan fingerprint density at radius 3 is 2.78 bits per heavy atom. The fourth-order valence-electron chi connectivity index (χ4n) is 1.92. The topological polar surface area (TPSA) is 43.1 Å². The molecule has 3 heteroatoms. The Bertz CT molecular complexity index is 728. The summed E-state index contributed by atoms with van der Waals surface area (Å²) in [7, 11) is 0. The van der Waals surface area contributed by atoms with Gasteiger partial charge in [0.2, 0.25) is 0 Å². The maximum atomic E-state index is 12.2. The fourth-order valence-corrected chi connectivity index (χ4v) is 1.92. The average Bonchev–Trinajstić information content (AvgIpc) is 2.84. The fraction of sp³-hybridized carbons (Fsp3) is 0.0667. The van der Waals surface area contributed by atoms with Gasteiger partial charge in [0, 0.05) is 17.1 Å². The maximum Gasteiger partial charge on any atom is 0.197 e. The third kappa shape index (κ3) is 1.80. The second-order valence-corrected chi connectivity index (χ2v) is 4.19. The molecule has 0 aliphatic carbocycles. The molecule has 0 saturated heterocycles. The van der Waals surface area contributed by atoms with E-state index in [9.17, 15) is 4.79 Å². The van der Waals surface area contributed by atoms with Crippen molar-refractivity contribution in [2.75, 3.05) is 0 Å². The van der Waals surface area contributed by atoms with Crippen molar-refractivity contribution in [2.24, 2.45) is 0 Å². The first-order valence-electron chi connectivity index (χ1n) is 5.69. The summed E-state index contributed by atoms with van der Waals surface area (Å²) in [6, 6.07) is 11.3. The van der Waals surface area contributed by atoms with Gasteiger partial charge in [0.15, 0.2) is 5.78 Å². The lowest BCUT2D eigenvalue weighted by Crippen LogP contribution is -2.00. The lowest BCUT2D eigenvalue weighted by Gasteiger charge is -2.00. The van der Waals surface area contributed by atoms with Gasteiger partial charge < -0.3 is 4.42 Å². The number of fused-ring (bicyclic) bond motifs is 1. The number of para-hydroxylation sites is 1. The van der Waals surface area contributed by atoms with E-state index in [0.29, 0.717) is 11.1 Å². The number of nitrogens with zero attached hydrogens (tertiary/aromatic N) is 1. The van der Waals surface area contributed by atoms with Crippen LogP contribution < -0.4 is 0 Å². The molecular formula is C15H11NO2. The highest BCUT2D eigenvalue weighted by Crippen LogP contribution is 2.17. The largest absolute Gasteiger partial charge is 0.469 e. The van der Waals surface area contributed by atoms with Crippen molar-refractivity contribution in [3.8, 4) is 0 Å². The Hall–Kier alpha value is -2.42. The van der Waals surface area contributed by atoms with Crippen LogP contribution in [0.3, 0.4) is 0 Å². The van der Waals surface area contributed by atoms with Gasteiger partial charge in [-0.25, -0.2) is 0 Å². The van der Waals surface area contributed by atoms with Gasteiger partial charge in [-0.15, -0.1) is 0 Å². The first kappa shape index (κ1) is 10.7. The minimum atomic E-state index is -0.0647. The highest BCUT2D eigenvalue weighted by atomic mass is 16.3. The SMILES string of the molecule is Cc1cc(C(=O)c2cnc3ccccc3c2)co1. The third-order valence-corrected chi connectivity index (χ3v) is 2.85. The number of aromatic nitrogens is 1. The number of pyridine rings is 1. The molecule has 0 fully saturated rings. The molecule has 88 valence electrons. The van der Waals surface area contributed by atoms with E-state index in [1.165, 1.54) is 6.26 Å². The minimum Gasteiger partial charge on any atom is -0.469 e. The van der Waals surface area contributed by atoms with Crippen LogP contribution in [-0.4, -0.2) is 10.8 Å². The number of carbonyl (C=O) groups is 1. The molecule has 0 bridgehead atoms. The van der Waals surface area contributed by atoms with Crippen LogP contribution in [0.5, 0.6) is 0 Å². The van der Waals surface area contributed by atoms with E-state index in [-0.39, 0.29) is 5.78 Å². The molecular weight excluding hydrogens is 226 g/mol. The average molecular weight is 237 g/mol. The zero-order valence-electron chi connectivity index (χ0n) is 9.88. The first-order chi connectivity index (χ1) is 8.74. The van der Waals surface area contributed by atoms with Crippen molar-refractivity contribution < 1.29 is 9.21 Å². The van der Waals surface area contributed by atoms with Gasteiger partial charge in [0.1, 0.15) is 12.0 Å². The Balaban J connectivity index is 2.06. The van der Waals surface area contributed by atoms with Crippen LogP contribution in [0, 0.1) is 6.92 Å². The summed E-state index contributed by atoms with van der Waals surface area (Å²) in [5.41, 5.74) is 2.02. The van der Waals surface area contributed by atoms with Crippen molar-refractivity contribution in [3.05, 3.63) is 65.7 Å². The summed E-state index contributed by atoms with van der Waals surface area (Å²) in [4.78, 5) is 16.5.